The van der Waals surface area contributed by atoms with Gasteiger partial charge in [0.25, 0.3) is 5.00 Å². The molecule has 0 aromatic carbocycles. The molecule has 1 unspecified atom stereocenters. The number of hydrogen-bond donors (Lipinski definition) is 1. The van der Waals surface area contributed by atoms with Crippen molar-refractivity contribution < 1.29 is 43.3 Å². The highest BCUT2D eigenvalue weighted by Gasteiger charge is 2.63. The summed E-state index contributed by atoms with van der Waals surface area (Å²) in [6, 6.07) is 0. The summed E-state index contributed by atoms with van der Waals surface area (Å²) in [5.41, 5.74) is 0. The first-order chi connectivity index (χ1) is 13.6. The Kier molecular flexibility index (Phi) is 9.44. The first-order valence-electron chi connectivity index (χ1n) is 8.57. The largest absolute Gasteiger partial charge is 0.478 e. The summed E-state index contributed by atoms with van der Waals surface area (Å²) in [7, 11) is 0. The molecule has 1 saturated heterocycles. The monoisotopic (exact) mass is 451 g/mol. The molecule has 1 aliphatic heterocycles. The van der Waals surface area contributed by atoms with Crippen molar-refractivity contribution in [3.63, 3.8) is 0 Å². The fourth-order valence-electron chi connectivity index (χ4n) is 2.44. The van der Waals surface area contributed by atoms with Crippen LogP contribution in [-0.2, 0) is 38.2 Å². The van der Waals surface area contributed by atoms with E-state index in [1.54, 1.807) is 6.92 Å². The molecule has 0 aromatic heterocycles. The average molecular weight is 452 g/mol. The van der Waals surface area contributed by atoms with Crippen LogP contribution in [0.3, 0.4) is 0 Å². The number of amides is 1. The molecular weight excluding hydrogens is 430 g/mol. The molecule has 0 spiro atoms. The number of ether oxygens (including phenoxy) is 3. The van der Waals surface area contributed by atoms with E-state index in [9.17, 15) is 29.1 Å². The smallest absolute Gasteiger partial charge is 0.349 e. The summed E-state index contributed by atoms with van der Waals surface area (Å²) in [5, 5.41) is 9.77. The summed E-state index contributed by atoms with van der Waals surface area (Å²) >= 11 is 6.99. The number of esters is 3. The molecule has 29 heavy (non-hydrogen) atoms. The molecule has 162 valence electrons. The zero-order valence-corrected chi connectivity index (χ0v) is 17.5. The van der Waals surface area contributed by atoms with Crippen molar-refractivity contribution in [2.45, 2.75) is 37.1 Å². The Morgan fingerprint density at radius 1 is 1.31 bits per heavy atom. The van der Waals surface area contributed by atoms with Crippen LogP contribution in [0.15, 0.2) is 12.0 Å². The van der Waals surface area contributed by atoms with E-state index in [1.807, 2.05) is 0 Å². The van der Waals surface area contributed by atoms with Gasteiger partial charge in [-0.25, -0.2) is 4.79 Å². The summed E-state index contributed by atoms with van der Waals surface area (Å²) < 4.78 is 14.4. The highest BCUT2D eigenvalue weighted by atomic mass is 35.5. The molecule has 0 saturated carbocycles. The number of likely N-dealkylation sites (tertiary alicyclic amines) is 1. The van der Waals surface area contributed by atoms with Gasteiger partial charge in [0.1, 0.15) is 12.0 Å². The fourth-order valence-corrected chi connectivity index (χ4v) is 3.73. The number of nitrogens with zero attached hydrogens (tertiary/aromatic N) is 1. The lowest BCUT2D eigenvalue weighted by Gasteiger charge is -2.50. The van der Waals surface area contributed by atoms with Crippen LogP contribution >= 0.6 is 23.4 Å². The minimum atomic E-state index is -2.38. The molecule has 3 atom stereocenters. The van der Waals surface area contributed by atoms with Gasteiger partial charge in [0, 0.05) is 13.3 Å². The average Bonchev–Trinajstić information content (AvgIpc) is 2.63. The van der Waals surface area contributed by atoms with Crippen LogP contribution in [-0.4, -0.2) is 70.0 Å². The summed E-state index contributed by atoms with van der Waals surface area (Å²) in [6.45, 7) is 5.53. The second-order valence-corrected chi connectivity index (χ2v) is 7.51. The SMILES string of the molecule is C=CS[C@@H]1[C@H](C(=O)OCCCC(=O)OCC)C(=O)N1C(Cl)(COC(C)=O)C(=O)O. The molecule has 10 nitrogen and oxygen atoms in total. The summed E-state index contributed by atoms with van der Waals surface area (Å²) in [5.74, 6) is -5.92. The third kappa shape index (κ3) is 6.10. The molecule has 1 heterocycles. The van der Waals surface area contributed by atoms with Crippen LogP contribution in [0.1, 0.15) is 26.7 Å². The van der Waals surface area contributed by atoms with E-state index in [2.05, 4.69) is 11.3 Å². The van der Waals surface area contributed by atoms with Crippen LogP contribution < -0.4 is 0 Å². The first kappa shape index (κ1) is 24.8. The van der Waals surface area contributed by atoms with Crippen molar-refractivity contribution in [3.05, 3.63) is 12.0 Å². The number of carboxylic acids is 1. The second-order valence-electron chi connectivity index (χ2n) is 5.80. The molecular formula is C17H22ClNO9S. The van der Waals surface area contributed by atoms with Gasteiger partial charge in [-0.15, -0.1) is 11.8 Å². The number of carbonyl (C=O) groups is 5. The van der Waals surface area contributed by atoms with E-state index in [0.717, 1.165) is 23.6 Å². The Morgan fingerprint density at radius 2 is 1.97 bits per heavy atom. The van der Waals surface area contributed by atoms with E-state index in [4.69, 9.17) is 21.1 Å². The van der Waals surface area contributed by atoms with Crippen LogP contribution in [0.5, 0.6) is 0 Å². The van der Waals surface area contributed by atoms with Gasteiger partial charge in [0.2, 0.25) is 5.91 Å². The van der Waals surface area contributed by atoms with Crippen molar-refractivity contribution in [3.8, 4) is 0 Å². The van der Waals surface area contributed by atoms with Crippen molar-refractivity contribution in [2.24, 2.45) is 5.92 Å². The number of thioether (sulfide) groups is 1. The standard InChI is InChI=1S/C17H22ClNO9S/c1-4-26-11(21)7-6-8-27-15(23)12-13(22)19(14(12)29-5-2)17(18,16(24)25)9-28-10(3)20/h5,12,14H,2,4,6-9H2,1,3H3,(H,24,25)/t12-,14-,17?/m1/s1. The lowest BCUT2D eigenvalue weighted by atomic mass is 9.95. The third-order valence-corrected chi connectivity index (χ3v) is 5.19. The van der Waals surface area contributed by atoms with Gasteiger partial charge < -0.3 is 19.3 Å². The number of alkyl halides is 1. The highest BCUT2D eigenvalue weighted by Crippen LogP contribution is 2.43. The maximum absolute atomic E-state index is 12.5. The predicted octanol–water partition coefficient (Wildman–Crippen LogP) is 1.12. The molecule has 1 aliphatic rings. The van der Waals surface area contributed by atoms with Crippen LogP contribution in [0.2, 0.25) is 0 Å². The fraction of sp³-hybridized carbons (Fsp3) is 0.588. The first-order valence-corrected chi connectivity index (χ1v) is 9.89. The normalized spacial score (nSPS) is 20.1. The summed E-state index contributed by atoms with van der Waals surface area (Å²) in [4.78, 5) is 57.1. The van der Waals surface area contributed by atoms with Gasteiger partial charge in [-0.1, -0.05) is 18.2 Å². The highest BCUT2D eigenvalue weighted by molar-refractivity contribution is 8.02. The van der Waals surface area contributed by atoms with Gasteiger partial charge in [-0.3, -0.25) is 24.1 Å². The molecule has 1 amide bonds. The van der Waals surface area contributed by atoms with E-state index in [-0.39, 0.29) is 26.1 Å². The lowest BCUT2D eigenvalue weighted by molar-refractivity contribution is -0.182. The number of β-lactam (4-membered cyclic amide) rings is 1. The number of halogens is 1. The Bertz CT molecular complexity index is 686. The third-order valence-electron chi connectivity index (χ3n) is 3.78. The quantitative estimate of drug-likeness (QED) is 0.0873. The maximum atomic E-state index is 12.5. The minimum absolute atomic E-state index is 0.0445. The molecule has 1 N–H and O–H groups in total. The van der Waals surface area contributed by atoms with Crippen molar-refractivity contribution in [1.82, 2.24) is 4.90 Å². The van der Waals surface area contributed by atoms with Crippen LogP contribution in [0.25, 0.3) is 0 Å². The number of carbonyl (C=O) groups excluding carboxylic acids is 4. The summed E-state index contributed by atoms with van der Waals surface area (Å²) in [6.07, 6.45) is 0.248. The zero-order valence-electron chi connectivity index (χ0n) is 15.9. The van der Waals surface area contributed by atoms with Crippen molar-refractivity contribution in [2.75, 3.05) is 19.8 Å². The van der Waals surface area contributed by atoms with Gasteiger partial charge in [-0.05, 0) is 18.8 Å². The topological polar surface area (TPSA) is 137 Å². The minimum Gasteiger partial charge on any atom is -0.478 e. The molecule has 0 aliphatic carbocycles. The Labute approximate surface area is 176 Å². The van der Waals surface area contributed by atoms with E-state index in [1.165, 1.54) is 5.41 Å². The number of rotatable bonds is 12. The van der Waals surface area contributed by atoms with Gasteiger partial charge >= 0.3 is 23.9 Å². The number of aliphatic carboxylic acids is 1. The Balaban J connectivity index is 2.81. The lowest BCUT2D eigenvalue weighted by Crippen LogP contribution is -2.72. The number of hydrogen-bond acceptors (Lipinski definition) is 9. The van der Waals surface area contributed by atoms with Crippen LogP contribution in [0.4, 0.5) is 0 Å². The maximum Gasteiger partial charge on any atom is 0.349 e. The molecule has 1 rings (SSSR count). The van der Waals surface area contributed by atoms with E-state index >= 15 is 0 Å². The van der Waals surface area contributed by atoms with E-state index in [0.29, 0.717) is 0 Å². The van der Waals surface area contributed by atoms with Crippen molar-refractivity contribution in [1.29, 1.82) is 0 Å². The Hall–Kier alpha value is -2.27. The molecule has 1 fully saturated rings. The molecule has 0 aromatic rings. The van der Waals surface area contributed by atoms with Crippen LogP contribution in [0, 0.1) is 5.92 Å². The zero-order chi connectivity index (χ0) is 22.2. The predicted molar refractivity (Wildman–Crippen MR) is 102 cm³/mol. The molecule has 12 heteroatoms. The van der Waals surface area contributed by atoms with Gasteiger partial charge in [0.15, 0.2) is 5.92 Å². The molecule has 0 bridgehead atoms. The number of carboxylic acid groups (broad SMARTS) is 1. The van der Waals surface area contributed by atoms with Gasteiger partial charge in [0.05, 0.1) is 13.2 Å². The second kappa shape index (κ2) is 11.1. The van der Waals surface area contributed by atoms with Crippen molar-refractivity contribution >= 4 is 53.1 Å². The van der Waals surface area contributed by atoms with E-state index < -0.39 is 52.7 Å². The Morgan fingerprint density at radius 3 is 2.48 bits per heavy atom. The molecule has 0 radical (unpaired) electrons. The van der Waals surface area contributed by atoms with Gasteiger partial charge in [-0.2, -0.15) is 0 Å².